The van der Waals surface area contributed by atoms with E-state index >= 15 is 0 Å². The van der Waals surface area contributed by atoms with Crippen LogP contribution in [0.1, 0.15) is 17.6 Å². The molecule has 0 radical (unpaired) electrons. The third-order valence-electron chi connectivity index (χ3n) is 3.51. The molecule has 0 amide bonds. The van der Waals surface area contributed by atoms with Gasteiger partial charge in [-0.2, -0.15) is 4.31 Å². The van der Waals surface area contributed by atoms with E-state index in [1.807, 2.05) is 0 Å². The number of sulfonamides is 1. The van der Waals surface area contributed by atoms with E-state index in [1.165, 1.54) is 22.9 Å². The number of aromatic amines is 1. The Labute approximate surface area is 133 Å². The van der Waals surface area contributed by atoms with Crippen molar-refractivity contribution in [2.75, 3.05) is 19.7 Å². The highest BCUT2D eigenvalue weighted by Crippen LogP contribution is 2.23. The molecule has 0 aromatic carbocycles. The first kappa shape index (κ1) is 15.8. The number of nitrogens with one attached hydrogen (secondary N) is 1. The van der Waals surface area contributed by atoms with Crippen LogP contribution in [0.25, 0.3) is 0 Å². The predicted molar refractivity (Wildman–Crippen MR) is 80.3 cm³/mol. The average molecular weight is 339 g/mol. The maximum Gasteiger partial charge on any atom is 0.262 e. The van der Waals surface area contributed by atoms with Crippen molar-refractivity contribution in [3.8, 4) is 0 Å². The van der Waals surface area contributed by atoms with Crippen LogP contribution >= 0.6 is 0 Å². The Morgan fingerprint density at radius 2 is 2.22 bits per heavy atom. The summed E-state index contributed by atoms with van der Waals surface area (Å²) in [4.78, 5) is 22.3. The highest BCUT2D eigenvalue weighted by atomic mass is 32.2. The number of nitrogens with zero attached hydrogens (tertiary/aromatic N) is 4. The molecule has 0 spiro atoms. The predicted octanol–water partition coefficient (Wildman–Crippen LogP) is -0.426. The summed E-state index contributed by atoms with van der Waals surface area (Å²) in [5.74, 6) is 0.330. The van der Waals surface area contributed by atoms with Crippen molar-refractivity contribution >= 4 is 10.0 Å². The molecule has 2 aromatic rings. The maximum atomic E-state index is 12.6. The van der Waals surface area contributed by atoms with E-state index < -0.39 is 16.1 Å². The number of hydrogen-bond donors (Lipinski definition) is 1. The second-order valence-electron chi connectivity index (χ2n) is 5.37. The molecule has 0 unspecified atom stereocenters. The molecule has 1 fully saturated rings. The van der Waals surface area contributed by atoms with Crippen LogP contribution in [0.3, 0.4) is 0 Å². The zero-order valence-electron chi connectivity index (χ0n) is 12.8. The zero-order valence-corrected chi connectivity index (χ0v) is 13.6. The molecule has 1 aliphatic rings. The van der Waals surface area contributed by atoms with E-state index in [-0.39, 0.29) is 30.3 Å². The Hall–Kier alpha value is -2.04. The SMILES string of the molecule is Cc1cc(=O)[nH]c([C@H]2CN(S(=O)(=O)c3cn(C)cn3)CCO2)n1. The van der Waals surface area contributed by atoms with Crippen LogP contribution in [0.2, 0.25) is 0 Å². The topological polar surface area (TPSA) is 110 Å². The van der Waals surface area contributed by atoms with Gasteiger partial charge in [0.2, 0.25) is 0 Å². The molecule has 0 aliphatic carbocycles. The van der Waals surface area contributed by atoms with Crippen molar-refractivity contribution in [2.45, 2.75) is 18.1 Å². The average Bonchev–Trinajstić information content (AvgIpc) is 2.94. The third kappa shape index (κ3) is 3.19. The summed E-state index contributed by atoms with van der Waals surface area (Å²) < 4.78 is 33.7. The fourth-order valence-electron chi connectivity index (χ4n) is 2.42. The lowest BCUT2D eigenvalue weighted by atomic mass is 10.3. The van der Waals surface area contributed by atoms with Gasteiger partial charge in [0.25, 0.3) is 15.6 Å². The second-order valence-corrected chi connectivity index (χ2v) is 7.26. The van der Waals surface area contributed by atoms with Gasteiger partial charge < -0.3 is 14.3 Å². The van der Waals surface area contributed by atoms with Gasteiger partial charge >= 0.3 is 0 Å². The molecule has 2 aromatic heterocycles. The van der Waals surface area contributed by atoms with Crippen LogP contribution in [0.4, 0.5) is 0 Å². The Bertz CT molecular complexity index is 872. The molecule has 3 heterocycles. The van der Waals surface area contributed by atoms with Crippen molar-refractivity contribution in [2.24, 2.45) is 7.05 Å². The molecule has 9 nitrogen and oxygen atoms in total. The van der Waals surface area contributed by atoms with Crippen LogP contribution in [0.15, 0.2) is 28.4 Å². The minimum atomic E-state index is -3.70. The second kappa shape index (κ2) is 5.87. The van der Waals surface area contributed by atoms with Gasteiger partial charge in [-0.25, -0.2) is 18.4 Å². The minimum absolute atomic E-state index is 0.00801. The minimum Gasteiger partial charge on any atom is -0.368 e. The summed E-state index contributed by atoms with van der Waals surface area (Å²) in [6, 6.07) is 1.37. The molecule has 1 aliphatic heterocycles. The number of hydrogen-bond acceptors (Lipinski definition) is 6. The lowest BCUT2D eigenvalue weighted by Crippen LogP contribution is -2.43. The molecule has 0 saturated carbocycles. The van der Waals surface area contributed by atoms with Crippen molar-refractivity contribution < 1.29 is 13.2 Å². The highest BCUT2D eigenvalue weighted by Gasteiger charge is 2.33. The van der Waals surface area contributed by atoms with Gasteiger partial charge in [-0.05, 0) is 6.92 Å². The first-order chi connectivity index (χ1) is 10.9. The molecule has 0 bridgehead atoms. The summed E-state index contributed by atoms with van der Waals surface area (Å²) in [7, 11) is -2.00. The van der Waals surface area contributed by atoms with Crippen LogP contribution in [-0.4, -0.2) is 51.9 Å². The first-order valence-electron chi connectivity index (χ1n) is 7.04. The number of H-pyrrole nitrogens is 1. The normalized spacial score (nSPS) is 19.8. The van der Waals surface area contributed by atoms with E-state index in [1.54, 1.807) is 18.5 Å². The lowest BCUT2D eigenvalue weighted by Gasteiger charge is -2.31. The summed E-state index contributed by atoms with van der Waals surface area (Å²) >= 11 is 0. The molecule has 10 heteroatoms. The van der Waals surface area contributed by atoms with Gasteiger partial charge in [0.15, 0.2) is 5.03 Å². The molecular formula is C13H17N5O4S. The number of ether oxygens (including phenoxy) is 1. The van der Waals surface area contributed by atoms with Crippen molar-refractivity contribution in [1.82, 2.24) is 23.8 Å². The molecule has 1 N–H and O–H groups in total. The van der Waals surface area contributed by atoms with Crippen molar-refractivity contribution in [1.29, 1.82) is 0 Å². The Morgan fingerprint density at radius 1 is 1.43 bits per heavy atom. The van der Waals surface area contributed by atoms with Gasteiger partial charge in [0, 0.05) is 38.1 Å². The summed E-state index contributed by atoms with van der Waals surface area (Å²) in [5, 5.41) is -0.00801. The number of aryl methyl sites for hydroxylation is 2. The standard InChI is InChI=1S/C13H17N5O4S/c1-9-5-11(19)16-13(15-9)10-6-18(3-4-22-10)23(20,21)12-7-17(2)8-14-12/h5,7-8,10H,3-4,6H2,1-2H3,(H,15,16,19)/t10-/m1/s1. The van der Waals surface area contributed by atoms with Crippen LogP contribution < -0.4 is 5.56 Å². The molecule has 1 atom stereocenters. The molecule has 23 heavy (non-hydrogen) atoms. The molecule has 3 rings (SSSR count). The fraction of sp³-hybridized carbons (Fsp3) is 0.462. The number of aromatic nitrogens is 4. The quantitative estimate of drug-likeness (QED) is 0.813. The van der Waals surface area contributed by atoms with E-state index in [0.717, 1.165) is 0 Å². The number of rotatable bonds is 3. The lowest BCUT2D eigenvalue weighted by molar-refractivity contribution is -0.00780. The van der Waals surface area contributed by atoms with Crippen LogP contribution in [0, 0.1) is 6.92 Å². The smallest absolute Gasteiger partial charge is 0.262 e. The summed E-state index contributed by atoms with van der Waals surface area (Å²) in [6.45, 7) is 2.22. The van der Waals surface area contributed by atoms with Crippen molar-refractivity contribution in [3.05, 3.63) is 40.5 Å². The van der Waals surface area contributed by atoms with E-state index in [2.05, 4.69) is 15.0 Å². The molecule has 124 valence electrons. The fourth-order valence-corrected chi connectivity index (χ4v) is 3.81. The molecule has 1 saturated heterocycles. The third-order valence-corrected chi connectivity index (χ3v) is 5.26. The van der Waals surface area contributed by atoms with Gasteiger partial charge in [0.1, 0.15) is 11.9 Å². The zero-order chi connectivity index (χ0) is 16.6. The van der Waals surface area contributed by atoms with Crippen LogP contribution in [-0.2, 0) is 21.8 Å². The van der Waals surface area contributed by atoms with Gasteiger partial charge in [-0.1, -0.05) is 0 Å². The van der Waals surface area contributed by atoms with E-state index in [0.29, 0.717) is 11.5 Å². The number of morpholine rings is 1. The van der Waals surface area contributed by atoms with Crippen molar-refractivity contribution in [3.63, 3.8) is 0 Å². The maximum absolute atomic E-state index is 12.6. The largest absolute Gasteiger partial charge is 0.368 e. The summed E-state index contributed by atoms with van der Waals surface area (Å²) in [5.41, 5.74) is 0.262. The van der Waals surface area contributed by atoms with Gasteiger partial charge in [-0.15, -0.1) is 0 Å². The van der Waals surface area contributed by atoms with E-state index in [4.69, 9.17) is 4.74 Å². The van der Waals surface area contributed by atoms with E-state index in [9.17, 15) is 13.2 Å². The highest BCUT2D eigenvalue weighted by molar-refractivity contribution is 7.89. The summed E-state index contributed by atoms with van der Waals surface area (Å²) in [6.07, 6.45) is 2.27. The monoisotopic (exact) mass is 339 g/mol. The van der Waals surface area contributed by atoms with Gasteiger partial charge in [-0.3, -0.25) is 4.79 Å². The van der Waals surface area contributed by atoms with Crippen LogP contribution in [0.5, 0.6) is 0 Å². The number of imidazole rings is 1. The first-order valence-corrected chi connectivity index (χ1v) is 8.48. The van der Waals surface area contributed by atoms with Gasteiger partial charge in [0.05, 0.1) is 12.9 Å². The Kier molecular flexibility index (Phi) is 4.04. The molecular weight excluding hydrogens is 322 g/mol. The Balaban J connectivity index is 1.87. The Morgan fingerprint density at radius 3 is 2.87 bits per heavy atom.